The van der Waals surface area contributed by atoms with Gasteiger partial charge in [0, 0.05) is 37.7 Å². The summed E-state index contributed by atoms with van der Waals surface area (Å²) in [4.78, 5) is 22.5. The first kappa shape index (κ1) is 20.3. The second-order valence-corrected chi connectivity index (χ2v) is 8.56. The number of aliphatic hydroxyl groups excluding tert-OH is 1. The summed E-state index contributed by atoms with van der Waals surface area (Å²) in [6.07, 6.45) is 9.62. The molecule has 2 aromatic heterocycles. The Hall–Kier alpha value is -1.99. The lowest BCUT2D eigenvalue weighted by molar-refractivity contribution is 0.0686. The molecule has 0 spiro atoms. The van der Waals surface area contributed by atoms with Gasteiger partial charge in [-0.1, -0.05) is 6.92 Å². The molecule has 0 bridgehead atoms. The van der Waals surface area contributed by atoms with E-state index >= 15 is 0 Å². The highest BCUT2D eigenvalue weighted by atomic mass is 16.5. The smallest absolute Gasteiger partial charge is 0.261 e. The number of pyridine rings is 1. The number of anilines is 1. The molecule has 7 nitrogen and oxygen atoms in total. The van der Waals surface area contributed by atoms with E-state index in [4.69, 9.17) is 9.72 Å². The van der Waals surface area contributed by atoms with Crippen LogP contribution in [0.3, 0.4) is 0 Å². The van der Waals surface area contributed by atoms with Gasteiger partial charge in [0.05, 0.1) is 17.0 Å². The highest BCUT2D eigenvalue weighted by molar-refractivity contribution is 5.81. The second kappa shape index (κ2) is 8.79. The van der Waals surface area contributed by atoms with Gasteiger partial charge in [0.1, 0.15) is 0 Å². The molecule has 2 N–H and O–H groups in total. The maximum Gasteiger partial charge on any atom is 0.261 e. The Labute approximate surface area is 171 Å². The Balaban J connectivity index is 1.81. The summed E-state index contributed by atoms with van der Waals surface area (Å²) < 4.78 is 7.39. The molecule has 158 valence electrons. The van der Waals surface area contributed by atoms with Crippen LogP contribution in [0.1, 0.15) is 76.3 Å². The fourth-order valence-corrected chi connectivity index (χ4v) is 4.48. The molecule has 0 amide bonds. The SMILES string of the molecule is CC[C@H](C)Nc1ncc2c(=O)n(C3CCOCC3)cc(C3CCC(O)CC3)c2n1. The fraction of sp³-hybridized carbons (Fsp3) is 0.682. The van der Waals surface area contributed by atoms with Crippen molar-refractivity contribution < 1.29 is 9.84 Å². The minimum Gasteiger partial charge on any atom is -0.393 e. The standard InChI is InChI=1S/C22H32N4O3/c1-3-14(2)24-22-23-12-18-20(25-22)19(15-4-6-17(27)7-5-15)13-26(21(18)28)16-8-10-29-11-9-16/h12-17,27H,3-11H2,1-2H3,(H,23,24,25)/t14-,15?,17?/m0/s1. The highest BCUT2D eigenvalue weighted by Crippen LogP contribution is 2.36. The summed E-state index contributed by atoms with van der Waals surface area (Å²) in [5.41, 5.74) is 1.87. The van der Waals surface area contributed by atoms with Crippen LogP contribution in [-0.4, -0.2) is 45.0 Å². The number of aliphatic hydroxyl groups is 1. The van der Waals surface area contributed by atoms with E-state index in [1.807, 2.05) is 10.8 Å². The van der Waals surface area contributed by atoms with Crippen molar-refractivity contribution in [3.05, 3.63) is 28.3 Å². The number of nitrogens with zero attached hydrogens (tertiary/aromatic N) is 3. The normalized spacial score (nSPS) is 24.5. The van der Waals surface area contributed by atoms with Gasteiger partial charge in [0.15, 0.2) is 0 Å². The predicted octanol–water partition coefficient (Wildman–Crippen LogP) is 3.37. The van der Waals surface area contributed by atoms with Crippen LogP contribution >= 0.6 is 0 Å². The van der Waals surface area contributed by atoms with Gasteiger partial charge in [-0.25, -0.2) is 9.97 Å². The van der Waals surface area contributed by atoms with E-state index in [-0.39, 0.29) is 23.7 Å². The van der Waals surface area contributed by atoms with Gasteiger partial charge in [-0.05, 0) is 63.4 Å². The Kier molecular flexibility index (Phi) is 6.15. The minimum atomic E-state index is -0.212. The summed E-state index contributed by atoms with van der Waals surface area (Å²) >= 11 is 0. The van der Waals surface area contributed by atoms with Gasteiger partial charge < -0.3 is 19.7 Å². The maximum absolute atomic E-state index is 13.3. The highest BCUT2D eigenvalue weighted by Gasteiger charge is 2.27. The molecule has 29 heavy (non-hydrogen) atoms. The molecule has 0 aromatic carbocycles. The van der Waals surface area contributed by atoms with Crippen molar-refractivity contribution in [3.8, 4) is 0 Å². The van der Waals surface area contributed by atoms with Crippen molar-refractivity contribution in [3.63, 3.8) is 0 Å². The molecule has 1 aliphatic carbocycles. The first-order valence-corrected chi connectivity index (χ1v) is 11.0. The molecule has 1 saturated heterocycles. The van der Waals surface area contributed by atoms with Gasteiger partial charge in [0.25, 0.3) is 5.56 Å². The number of aromatic nitrogens is 3. The van der Waals surface area contributed by atoms with Crippen molar-refractivity contribution in [2.75, 3.05) is 18.5 Å². The average molecular weight is 401 g/mol. The van der Waals surface area contributed by atoms with Crippen LogP contribution in [0.15, 0.2) is 17.2 Å². The molecule has 2 aromatic rings. The van der Waals surface area contributed by atoms with Crippen LogP contribution in [0.25, 0.3) is 10.9 Å². The van der Waals surface area contributed by atoms with Crippen LogP contribution in [0.5, 0.6) is 0 Å². The van der Waals surface area contributed by atoms with Gasteiger partial charge in [-0.2, -0.15) is 0 Å². The minimum absolute atomic E-state index is 0.0124. The van der Waals surface area contributed by atoms with E-state index < -0.39 is 0 Å². The van der Waals surface area contributed by atoms with E-state index in [0.29, 0.717) is 30.5 Å². The van der Waals surface area contributed by atoms with E-state index in [0.717, 1.165) is 56.0 Å². The second-order valence-electron chi connectivity index (χ2n) is 8.56. The molecular formula is C22H32N4O3. The summed E-state index contributed by atoms with van der Waals surface area (Å²) in [5, 5.41) is 13.9. The molecule has 1 saturated carbocycles. The Morgan fingerprint density at radius 3 is 2.66 bits per heavy atom. The lowest BCUT2D eigenvalue weighted by Gasteiger charge is -2.29. The maximum atomic E-state index is 13.3. The number of fused-ring (bicyclic) bond motifs is 1. The molecule has 0 radical (unpaired) electrons. The van der Waals surface area contributed by atoms with Crippen molar-refractivity contribution in [2.45, 2.75) is 82.9 Å². The predicted molar refractivity (Wildman–Crippen MR) is 113 cm³/mol. The topological polar surface area (TPSA) is 89.3 Å². The third kappa shape index (κ3) is 4.31. The van der Waals surface area contributed by atoms with E-state index in [1.54, 1.807) is 6.20 Å². The van der Waals surface area contributed by atoms with Gasteiger partial charge in [0.2, 0.25) is 5.95 Å². The monoisotopic (exact) mass is 400 g/mol. The lowest BCUT2D eigenvalue weighted by Crippen LogP contribution is -2.30. The summed E-state index contributed by atoms with van der Waals surface area (Å²) in [6.45, 7) is 5.59. The number of nitrogens with one attached hydrogen (secondary N) is 1. The zero-order valence-corrected chi connectivity index (χ0v) is 17.4. The Morgan fingerprint density at radius 1 is 1.24 bits per heavy atom. The molecule has 2 aliphatic rings. The first-order chi connectivity index (χ1) is 14.1. The molecule has 1 atom stereocenters. The average Bonchev–Trinajstić information content (AvgIpc) is 2.75. The van der Waals surface area contributed by atoms with Crippen LogP contribution in [0.4, 0.5) is 5.95 Å². The van der Waals surface area contributed by atoms with Gasteiger partial charge in [-0.3, -0.25) is 4.79 Å². The summed E-state index contributed by atoms with van der Waals surface area (Å²) in [7, 11) is 0. The van der Waals surface area contributed by atoms with Crippen molar-refractivity contribution >= 4 is 16.9 Å². The number of hydrogen-bond donors (Lipinski definition) is 2. The first-order valence-electron chi connectivity index (χ1n) is 11.0. The molecule has 7 heteroatoms. The van der Waals surface area contributed by atoms with E-state index in [1.165, 1.54) is 0 Å². The van der Waals surface area contributed by atoms with Crippen LogP contribution in [-0.2, 0) is 4.74 Å². The number of hydrogen-bond acceptors (Lipinski definition) is 6. The van der Waals surface area contributed by atoms with Crippen molar-refractivity contribution in [2.24, 2.45) is 0 Å². The number of rotatable bonds is 5. The summed E-state index contributed by atoms with van der Waals surface area (Å²) in [5.74, 6) is 0.881. The Bertz CT molecular complexity index is 899. The molecule has 4 rings (SSSR count). The van der Waals surface area contributed by atoms with E-state index in [9.17, 15) is 9.90 Å². The van der Waals surface area contributed by atoms with Crippen molar-refractivity contribution in [1.82, 2.24) is 14.5 Å². The zero-order chi connectivity index (χ0) is 20.4. The third-order valence-electron chi connectivity index (χ3n) is 6.51. The molecule has 2 fully saturated rings. The van der Waals surface area contributed by atoms with E-state index in [2.05, 4.69) is 24.1 Å². The quantitative estimate of drug-likeness (QED) is 0.800. The zero-order valence-electron chi connectivity index (χ0n) is 17.4. The molecule has 0 unspecified atom stereocenters. The van der Waals surface area contributed by atoms with Gasteiger partial charge in [-0.15, -0.1) is 0 Å². The largest absolute Gasteiger partial charge is 0.393 e. The molecule has 1 aliphatic heterocycles. The molecular weight excluding hydrogens is 368 g/mol. The third-order valence-corrected chi connectivity index (χ3v) is 6.51. The van der Waals surface area contributed by atoms with Gasteiger partial charge >= 0.3 is 0 Å². The lowest BCUT2D eigenvalue weighted by atomic mass is 9.82. The van der Waals surface area contributed by atoms with Crippen LogP contribution in [0.2, 0.25) is 0 Å². The number of ether oxygens (including phenoxy) is 1. The van der Waals surface area contributed by atoms with Crippen LogP contribution in [0, 0.1) is 0 Å². The Morgan fingerprint density at radius 2 is 1.97 bits per heavy atom. The summed E-state index contributed by atoms with van der Waals surface area (Å²) in [6, 6.07) is 0.426. The fourth-order valence-electron chi connectivity index (χ4n) is 4.48. The molecule has 3 heterocycles. The van der Waals surface area contributed by atoms with Crippen molar-refractivity contribution in [1.29, 1.82) is 0 Å². The van der Waals surface area contributed by atoms with Crippen LogP contribution < -0.4 is 10.9 Å².